The highest BCUT2D eigenvalue weighted by molar-refractivity contribution is 5.99. The second-order valence-electron chi connectivity index (χ2n) is 8.22. The molecule has 7 nitrogen and oxygen atoms in total. The third-order valence-corrected chi connectivity index (χ3v) is 6.28. The molecule has 168 valence electrons. The van der Waals surface area contributed by atoms with Crippen molar-refractivity contribution in [2.75, 3.05) is 13.2 Å². The number of furan rings is 1. The molecular formula is C25H28N2O5. The summed E-state index contributed by atoms with van der Waals surface area (Å²) in [6.45, 7) is 2.52. The Bertz CT molecular complexity index is 985. The average Bonchev–Trinajstić information content (AvgIpc) is 3.40. The summed E-state index contributed by atoms with van der Waals surface area (Å²) in [5.41, 5.74) is -0.264. The lowest BCUT2D eigenvalue weighted by Gasteiger charge is -2.38. The van der Waals surface area contributed by atoms with Crippen molar-refractivity contribution < 1.29 is 23.5 Å². The molecule has 1 aromatic carbocycles. The number of carbonyl (C=O) groups excluding carboxylic acids is 3. The van der Waals surface area contributed by atoms with Gasteiger partial charge >= 0.3 is 5.97 Å². The van der Waals surface area contributed by atoms with Gasteiger partial charge in [0.15, 0.2) is 0 Å². The summed E-state index contributed by atoms with van der Waals surface area (Å²) in [5, 5.41) is 2.95. The van der Waals surface area contributed by atoms with Gasteiger partial charge in [0, 0.05) is 12.6 Å². The number of carbonyl (C=O) groups is 3. The second kappa shape index (κ2) is 9.42. The summed E-state index contributed by atoms with van der Waals surface area (Å²) in [6.07, 6.45) is 6.99. The van der Waals surface area contributed by atoms with Crippen molar-refractivity contribution in [1.29, 1.82) is 0 Å². The van der Waals surface area contributed by atoms with E-state index in [2.05, 4.69) is 5.32 Å². The lowest BCUT2D eigenvalue weighted by Crippen LogP contribution is -2.56. The Labute approximate surface area is 187 Å². The molecule has 0 aliphatic carbocycles. The number of hydrogen-bond acceptors (Lipinski definition) is 5. The van der Waals surface area contributed by atoms with Crippen LogP contribution in [0.1, 0.15) is 50.0 Å². The van der Waals surface area contributed by atoms with Gasteiger partial charge in [-0.15, -0.1) is 0 Å². The van der Waals surface area contributed by atoms with E-state index in [4.69, 9.17) is 9.15 Å². The summed E-state index contributed by atoms with van der Waals surface area (Å²) >= 11 is 0. The van der Waals surface area contributed by atoms with Crippen molar-refractivity contribution in [3.63, 3.8) is 0 Å². The SMILES string of the molecule is CCOC(=O)[C@H]1C[C@]2(CCCCNC2=O)N(C(=O)/C=C/c2ccccc2)[C@H]1c1ccco1. The Hall–Kier alpha value is -3.35. The molecule has 0 unspecified atom stereocenters. The quantitative estimate of drug-likeness (QED) is 0.573. The molecule has 7 heteroatoms. The van der Waals surface area contributed by atoms with Crippen LogP contribution in [-0.2, 0) is 19.1 Å². The maximum absolute atomic E-state index is 13.6. The van der Waals surface area contributed by atoms with Crippen LogP contribution in [-0.4, -0.2) is 41.4 Å². The van der Waals surface area contributed by atoms with E-state index in [1.807, 2.05) is 30.3 Å². The van der Waals surface area contributed by atoms with Crippen LogP contribution in [0.3, 0.4) is 0 Å². The summed E-state index contributed by atoms with van der Waals surface area (Å²) < 4.78 is 11.0. The van der Waals surface area contributed by atoms with Gasteiger partial charge in [-0.25, -0.2) is 0 Å². The molecule has 0 bridgehead atoms. The molecular weight excluding hydrogens is 408 g/mol. The van der Waals surface area contributed by atoms with Crippen LogP contribution in [0, 0.1) is 5.92 Å². The van der Waals surface area contributed by atoms with Crippen LogP contribution >= 0.6 is 0 Å². The largest absolute Gasteiger partial charge is 0.467 e. The second-order valence-corrected chi connectivity index (χ2v) is 8.22. The Kier molecular flexibility index (Phi) is 6.44. The van der Waals surface area contributed by atoms with E-state index < -0.39 is 23.5 Å². The van der Waals surface area contributed by atoms with E-state index in [0.29, 0.717) is 18.7 Å². The highest BCUT2D eigenvalue weighted by Crippen LogP contribution is 2.50. The number of hydrogen-bond donors (Lipinski definition) is 1. The number of benzene rings is 1. The van der Waals surface area contributed by atoms with Crippen molar-refractivity contribution in [2.45, 2.75) is 44.2 Å². The standard InChI is InChI=1S/C25H28N2O5/c1-2-31-23(29)19-17-25(14-6-7-15-26-24(25)30)27(22(19)20-11-8-16-32-20)21(28)13-12-18-9-4-3-5-10-18/h3-5,8-13,16,19,22H,2,6-7,14-15,17H2,1H3,(H,26,30)/b13-12+/t19-,22+,25-/m0/s1. The van der Waals surface area contributed by atoms with Crippen LogP contribution in [0.5, 0.6) is 0 Å². The van der Waals surface area contributed by atoms with Crippen molar-refractivity contribution >= 4 is 23.9 Å². The summed E-state index contributed by atoms with van der Waals surface area (Å²) in [6, 6.07) is 12.2. The maximum Gasteiger partial charge on any atom is 0.311 e. The van der Waals surface area contributed by atoms with Crippen LogP contribution < -0.4 is 5.32 Å². The number of ether oxygens (including phenoxy) is 1. The monoisotopic (exact) mass is 436 g/mol. The Balaban J connectivity index is 1.79. The van der Waals surface area contributed by atoms with Crippen LogP contribution in [0.15, 0.2) is 59.2 Å². The van der Waals surface area contributed by atoms with E-state index in [-0.39, 0.29) is 24.8 Å². The van der Waals surface area contributed by atoms with Gasteiger partial charge in [-0.1, -0.05) is 30.3 Å². The van der Waals surface area contributed by atoms with Gasteiger partial charge in [-0.05, 0) is 56.4 Å². The van der Waals surface area contributed by atoms with Gasteiger partial charge in [0.1, 0.15) is 17.3 Å². The molecule has 2 aliphatic rings. The fourth-order valence-corrected chi connectivity index (χ4v) is 4.87. The molecule has 1 N–H and O–H groups in total. The van der Waals surface area contributed by atoms with Gasteiger partial charge in [-0.3, -0.25) is 14.4 Å². The van der Waals surface area contributed by atoms with Crippen LogP contribution in [0.25, 0.3) is 6.08 Å². The zero-order chi connectivity index (χ0) is 22.6. The van der Waals surface area contributed by atoms with E-state index in [0.717, 1.165) is 18.4 Å². The van der Waals surface area contributed by atoms with Crippen molar-refractivity contribution in [3.8, 4) is 0 Å². The Morgan fingerprint density at radius 2 is 2.03 bits per heavy atom. The lowest BCUT2D eigenvalue weighted by atomic mass is 9.86. The van der Waals surface area contributed by atoms with Gasteiger partial charge in [0.2, 0.25) is 11.8 Å². The predicted molar refractivity (Wildman–Crippen MR) is 118 cm³/mol. The van der Waals surface area contributed by atoms with Crippen LogP contribution in [0.2, 0.25) is 0 Å². The minimum Gasteiger partial charge on any atom is -0.467 e. The number of nitrogens with one attached hydrogen (secondary N) is 1. The number of rotatable bonds is 5. The molecule has 2 fully saturated rings. The third-order valence-electron chi connectivity index (χ3n) is 6.28. The molecule has 2 aromatic rings. The average molecular weight is 437 g/mol. The first-order valence-corrected chi connectivity index (χ1v) is 11.1. The molecule has 2 amide bonds. The number of amides is 2. The molecule has 4 rings (SSSR count). The third kappa shape index (κ3) is 4.07. The van der Waals surface area contributed by atoms with Crippen LogP contribution in [0.4, 0.5) is 0 Å². The number of esters is 1. The smallest absolute Gasteiger partial charge is 0.311 e. The Morgan fingerprint density at radius 3 is 2.75 bits per heavy atom. The van der Waals surface area contributed by atoms with E-state index in [1.54, 1.807) is 30.0 Å². The first-order valence-electron chi connectivity index (χ1n) is 11.1. The minimum atomic E-state index is -1.14. The molecule has 3 atom stereocenters. The molecule has 0 saturated carbocycles. The molecule has 32 heavy (non-hydrogen) atoms. The highest BCUT2D eigenvalue weighted by atomic mass is 16.5. The fraction of sp³-hybridized carbons (Fsp3) is 0.400. The van der Waals surface area contributed by atoms with E-state index >= 15 is 0 Å². The normalized spacial score (nSPS) is 25.7. The molecule has 1 aromatic heterocycles. The molecule has 0 radical (unpaired) electrons. The van der Waals surface area contributed by atoms with Crippen molar-refractivity contribution in [3.05, 3.63) is 66.1 Å². The highest BCUT2D eigenvalue weighted by Gasteiger charge is 2.61. The van der Waals surface area contributed by atoms with Crippen molar-refractivity contribution in [2.24, 2.45) is 5.92 Å². The van der Waals surface area contributed by atoms with Gasteiger partial charge < -0.3 is 19.4 Å². The molecule has 2 saturated heterocycles. The first-order chi connectivity index (χ1) is 15.6. The summed E-state index contributed by atoms with van der Waals surface area (Å²) in [5.74, 6) is -1.20. The topological polar surface area (TPSA) is 88.9 Å². The predicted octanol–water partition coefficient (Wildman–Crippen LogP) is 3.48. The zero-order valence-corrected chi connectivity index (χ0v) is 18.2. The number of nitrogens with zero attached hydrogens (tertiary/aromatic N) is 1. The maximum atomic E-state index is 13.6. The minimum absolute atomic E-state index is 0.202. The zero-order valence-electron chi connectivity index (χ0n) is 18.2. The number of likely N-dealkylation sites (tertiary alicyclic amines) is 1. The van der Waals surface area contributed by atoms with Gasteiger partial charge in [-0.2, -0.15) is 0 Å². The molecule has 2 aliphatic heterocycles. The Morgan fingerprint density at radius 1 is 1.22 bits per heavy atom. The van der Waals surface area contributed by atoms with E-state index in [1.165, 1.54) is 12.3 Å². The molecule has 3 heterocycles. The van der Waals surface area contributed by atoms with Crippen molar-refractivity contribution in [1.82, 2.24) is 10.2 Å². The van der Waals surface area contributed by atoms with E-state index in [9.17, 15) is 14.4 Å². The fourth-order valence-electron chi connectivity index (χ4n) is 4.87. The summed E-state index contributed by atoms with van der Waals surface area (Å²) in [4.78, 5) is 41.5. The summed E-state index contributed by atoms with van der Waals surface area (Å²) in [7, 11) is 0. The van der Waals surface area contributed by atoms with Gasteiger partial charge in [0.25, 0.3) is 0 Å². The van der Waals surface area contributed by atoms with Gasteiger partial charge in [0.05, 0.1) is 18.8 Å². The molecule has 1 spiro atoms. The lowest BCUT2D eigenvalue weighted by molar-refractivity contribution is -0.150. The first kappa shape index (κ1) is 21.9.